The van der Waals surface area contributed by atoms with Crippen LogP contribution in [0.25, 0.3) is 0 Å². The fourth-order valence-corrected chi connectivity index (χ4v) is 9.42. The third-order valence-electron chi connectivity index (χ3n) is 14.4. The average Bonchev–Trinajstić information content (AvgIpc) is 3.35. The molecule has 0 aromatic heterocycles. The number of aliphatic hydroxyl groups excluding tert-OH is 8. The number of aliphatic hydroxyl groups is 8. The molecule has 23 atom stereocenters. The van der Waals surface area contributed by atoms with Crippen molar-refractivity contribution in [1.82, 2.24) is 0 Å². The van der Waals surface area contributed by atoms with Crippen LogP contribution >= 0.6 is 0 Å². The number of fused-ring (bicyclic) bond motifs is 3. The zero-order chi connectivity index (χ0) is 52.8. The molecule has 5 rings (SSSR count). The fourth-order valence-electron chi connectivity index (χ4n) is 9.42. The fraction of sp³-hybridized carbons (Fsp3) is 0.920. The molecule has 0 saturated carbocycles. The van der Waals surface area contributed by atoms with Gasteiger partial charge in [-0.3, -0.25) is 9.59 Å². The summed E-state index contributed by atoms with van der Waals surface area (Å²) in [6.45, 7) is 13.8. The first-order valence-electron chi connectivity index (χ1n) is 26.2. The van der Waals surface area contributed by atoms with Crippen molar-refractivity contribution < 1.29 is 107 Å². The van der Waals surface area contributed by atoms with E-state index in [0.717, 1.165) is 57.8 Å². The molecule has 5 aliphatic rings. The molecule has 5 aliphatic heterocycles. The Hall–Kier alpha value is -2.20. The van der Waals surface area contributed by atoms with Crippen LogP contribution in [0.15, 0.2) is 12.3 Å². The Balaban J connectivity index is 1.62. The van der Waals surface area contributed by atoms with Gasteiger partial charge in [-0.15, -0.1) is 0 Å². The Kier molecular flexibility index (Phi) is 24.7. The Bertz CT molecular complexity index is 1620. The third kappa shape index (κ3) is 16.2. The lowest BCUT2D eigenvalue weighted by molar-refractivity contribution is -0.403. The Labute approximate surface area is 423 Å². The molecule has 72 heavy (non-hydrogen) atoms. The van der Waals surface area contributed by atoms with Crippen molar-refractivity contribution in [2.75, 3.05) is 13.4 Å². The van der Waals surface area contributed by atoms with Gasteiger partial charge in [0.2, 0.25) is 0 Å². The summed E-state index contributed by atoms with van der Waals surface area (Å²) in [5.74, 6) is -2.36. The third-order valence-corrected chi connectivity index (χ3v) is 14.4. The molecule has 5 fully saturated rings. The van der Waals surface area contributed by atoms with Crippen molar-refractivity contribution >= 4 is 11.9 Å². The minimum Gasteiger partial charge on any atom is -0.473 e. The van der Waals surface area contributed by atoms with E-state index >= 15 is 0 Å². The van der Waals surface area contributed by atoms with Gasteiger partial charge in [-0.1, -0.05) is 78.2 Å². The van der Waals surface area contributed by atoms with Gasteiger partial charge in [0.15, 0.2) is 50.3 Å². The van der Waals surface area contributed by atoms with E-state index in [2.05, 4.69) is 13.5 Å². The van der Waals surface area contributed by atoms with E-state index < -0.39 is 160 Å². The molecule has 0 aromatic rings. The van der Waals surface area contributed by atoms with Gasteiger partial charge >= 0.3 is 11.9 Å². The number of esters is 2. The van der Waals surface area contributed by atoms with Crippen LogP contribution in [0.5, 0.6) is 0 Å². The van der Waals surface area contributed by atoms with Crippen LogP contribution in [-0.4, -0.2) is 201 Å². The van der Waals surface area contributed by atoms with Gasteiger partial charge in [-0.2, -0.15) is 0 Å². The van der Waals surface area contributed by atoms with Crippen molar-refractivity contribution in [2.24, 2.45) is 5.92 Å². The van der Waals surface area contributed by atoms with Crippen molar-refractivity contribution in [3.63, 3.8) is 0 Å². The summed E-state index contributed by atoms with van der Waals surface area (Å²) in [6.07, 6.45) is -21.9. The van der Waals surface area contributed by atoms with E-state index in [0.29, 0.717) is 31.4 Å². The Morgan fingerprint density at radius 3 is 1.99 bits per heavy atom. The number of carbonyl (C=O) groups is 2. The van der Waals surface area contributed by atoms with E-state index in [1.54, 1.807) is 13.8 Å². The summed E-state index contributed by atoms with van der Waals surface area (Å²) in [6, 6.07) is 0. The zero-order valence-corrected chi connectivity index (χ0v) is 43.1. The van der Waals surface area contributed by atoms with Gasteiger partial charge in [0.25, 0.3) is 0 Å². The van der Waals surface area contributed by atoms with Crippen LogP contribution in [0.1, 0.15) is 138 Å². The lowest BCUT2D eigenvalue weighted by atomic mass is 9.95. The van der Waals surface area contributed by atoms with Crippen LogP contribution in [-0.2, 0) is 66.4 Å². The van der Waals surface area contributed by atoms with Crippen LogP contribution in [0.3, 0.4) is 0 Å². The van der Waals surface area contributed by atoms with E-state index in [4.69, 9.17) is 56.8 Å². The highest BCUT2D eigenvalue weighted by atomic mass is 16.8. The van der Waals surface area contributed by atoms with Crippen molar-refractivity contribution in [3.8, 4) is 0 Å². The number of unbranched alkanes of at least 4 members (excludes halogenated alkanes) is 2. The predicted molar refractivity (Wildman–Crippen MR) is 251 cm³/mol. The lowest BCUT2D eigenvalue weighted by Gasteiger charge is -2.50. The molecular weight excluding hydrogens is 953 g/mol. The highest BCUT2D eigenvalue weighted by Gasteiger charge is 2.58. The Morgan fingerprint density at radius 1 is 0.681 bits per heavy atom. The monoisotopic (exact) mass is 1040 g/mol. The number of allylic oxidation sites excluding steroid dienone is 1. The van der Waals surface area contributed by atoms with Gasteiger partial charge in [-0.25, -0.2) is 0 Å². The normalized spacial score (nSPS) is 41.8. The first-order valence-corrected chi connectivity index (χ1v) is 26.2. The van der Waals surface area contributed by atoms with E-state index in [-0.39, 0.29) is 12.5 Å². The quantitative estimate of drug-likeness (QED) is 0.0446. The number of carbonyl (C=O) groups excluding carboxylic acids is 2. The standard InChI is InChI=1S/C50H86O22/c1-9-11-17-20-31-21-18-15-13-12-14-16-19-22-33(53)68-41-36(56)32(23-51)67-50(70-42-38(58)35(55)29(7)64-48(42)66-31)45(41)72-49-44(62-24-61-25(3)10-2)43(71-47-39(59)37(57)34(54)28(6)63-47)40(30(8)65-49)69-46(60)26(4)27(5)52/h26-32,34-45,47-52,54-59H,3,9-24H2,1-2,4-8H3. The van der Waals surface area contributed by atoms with E-state index in [9.17, 15) is 50.4 Å². The topological polar surface area (TPSA) is 307 Å². The second kappa shape index (κ2) is 29.4. The van der Waals surface area contributed by atoms with Gasteiger partial charge in [-0.05, 0) is 53.9 Å². The number of ether oxygens (including phenoxy) is 12. The summed E-state index contributed by atoms with van der Waals surface area (Å²) in [5.41, 5.74) is 0. The molecule has 5 saturated heterocycles. The molecule has 0 radical (unpaired) electrons. The maximum absolute atomic E-state index is 13.8. The smallest absolute Gasteiger partial charge is 0.311 e. The molecule has 0 amide bonds. The van der Waals surface area contributed by atoms with Crippen molar-refractivity contribution in [1.29, 1.82) is 0 Å². The highest BCUT2D eigenvalue weighted by molar-refractivity contribution is 5.73. The second-order valence-electron chi connectivity index (χ2n) is 20.0. The molecule has 23 unspecified atom stereocenters. The van der Waals surface area contributed by atoms with Crippen molar-refractivity contribution in [2.45, 2.75) is 273 Å². The Morgan fingerprint density at radius 2 is 1.32 bits per heavy atom. The summed E-state index contributed by atoms with van der Waals surface area (Å²) in [7, 11) is 0. The lowest BCUT2D eigenvalue weighted by Crippen LogP contribution is -2.68. The largest absolute Gasteiger partial charge is 0.473 e. The number of rotatable bonds is 17. The molecule has 8 N–H and O–H groups in total. The second-order valence-corrected chi connectivity index (χ2v) is 20.0. The van der Waals surface area contributed by atoms with Crippen molar-refractivity contribution in [3.05, 3.63) is 12.3 Å². The highest BCUT2D eigenvalue weighted by Crippen LogP contribution is 2.38. The molecule has 0 aliphatic carbocycles. The molecule has 0 spiro atoms. The van der Waals surface area contributed by atoms with Crippen LogP contribution < -0.4 is 0 Å². The van der Waals surface area contributed by atoms with Gasteiger partial charge in [0.1, 0.15) is 61.0 Å². The number of hydrogen-bond acceptors (Lipinski definition) is 22. The minimum absolute atomic E-state index is 0.0430. The van der Waals surface area contributed by atoms with Gasteiger partial charge in [0, 0.05) is 12.8 Å². The maximum atomic E-state index is 13.8. The number of hydrogen-bond donors (Lipinski definition) is 8. The predicted octanol–water partition coefficient (Wildman–Crippen LogP) is 1.87. The first-order chi connectivity index (χ1) is 34.3. The first kappa shape index (κ1) is 60.7. The van der Waals surface area contributed by atoms with Crippen LogP contribution in [0, 0.1) is 5.92 Å². The van der Waals surface area contributed by atoms with Gasteiger partial charge in [0.05, 0.1) is 48.8 Å². The SMILES string of the molecule is C=C(CC)OCOC1C(OC2C3OC(CO)C(O)C2OC(=O)CCCCCCCCCC(CCCCC)OC2OC(C)C(O)C(O)C2O3)OC(C)C(OC(=O)C(C)C(C)O)C1OC1OC(C)C(O)C(O)C1O. The minimum atomic E-state index is -1.86. The summed E-state index contributed by atoms with van der Waals surface area (Å²) in [4.78, 5) is 27.4. The molecular formula is C50H86O22. The summed E-state index contributed by atoms with van der Waals surface area (Å²) in [5, 5.41) is 88.6. The molecule has 0 aromatic carbocycles. The molecule has 5 heterocycles. The molecule has 22 nitrogen and oxygen atoms in total. The maximum Gasteiger partial charge on any atom is 0.311 e. The molecule has 2 bridgehead atoms. The van der Waals surface area contributed by atoms with E-state index in [1.165, 1.54) is 27.7 Å². The van der Waals surface area contributed by atoms with E-state index in [1.807, 2.05) is 0 Å². The molecule has 418 valence electrons. The molecule has 22 heteroatoms. The summed E-state index contributed by atoms with van der Waals surface area (Å²) >= 11 is 0. The van der Waals surface area contributed by atoms with Crippen LogP contribution in [0.4, 0.5) is 0 Å². The summed E-state index contributed by atoms with van der Waals surface area (Å²) < 4.78 is 75.2. The van der Waals surface area contributed by atoms with Crippen LogP contribution in [0.2, 0.25) is 0 Å². The average molecular weight is 1040 g/mol. The van der Waals surface area contributed by atoms with Gasteiger partial charge < -0.3 is 97.7 Å². The zero-order valence-electron chi connectivity index (χ0n) is 43.1.